The maximum Gasteiger partial charge on any atom is 0.229 e. The summed E-state index contributed by atoms with van der Waals surface area (Å²) in [6, 6.07) is 6.41. The van der Waals surface area contributed by atoms with E-state index >= 15 is 0 Å². The zero-order chi connectivity index (χ0) is 13.2. The van der Waals surface area contributed by atoms with Crippen LogP contribution in [0.3, 0.4) is 0 Å². The number of carbonyl (C=O) groups excluding carboxylic acids is 1. The SMILES string of the molecule is O=C(Nc1cnccn1)[C@H]1C[C@H]1c1cccc(F)c1. The first-order chi connectivity index (χ1) is 9.24. The second-order valence-electron chi connectivity index (χ2n) is 4.58. The molecule has 2 atom stereocenters. The molecule has 0 unspecified atom stereocenters. The van der Waals surface area contributed by atoms with Crippen molar-refractivity contribution in [1.29, 1.82) is 0 Å². The second kappa shape index (κ2) is 4.76. The van der Waals surface area contributed by atoms with Crippen LogP contribution in [0.1, 0.15) is 17.9 Å². The number of nitrogens with one attached hydrogen (secondary N) is 1. The van der Waals surface area contributed by atoms with Gasteiger partial charge >= 0.3 is 0 Å². The number of amides is 1. The topological polar surface area (TPSA) is 54.9 Å². The summed E-state index contributed by atoms with van der Waals surface area (Å²) >= 11 is 0. The van der Waals surface area contributed by atoms with Gasteiger partial charge in [0.05, 0.1) is 6.20 Å². The molecule has 96 valence electrons. The van der Waals surface area contributed by atoms with Gasteiger partial charge in [0, 0.05) is 18.3 Å². The number of anilines is 1. The van der Waals surface area contributed by atoms with Crippen molar-refractivity contribution in [3.05, 3.63) is 54.2 Å². The molecule has 1 aliphatic carbocycles. The number of rotatable bonds is 3. The number of hydrogen-bond acceptors (Lipinski definition) is 3. The van der Waals surface area contributed by atoms with Gasteiger partial charge in [0.2, 0.25) is 5.91 Å². The Hall–Kier alpha value is -2.30. The van der Waals surface area contributed by atoms with E-state index in [1.807, 2.05) is 6.07 Å². The molecular formula is C14H12FN3O. The number of halogens is 1. The number of benzene rings is 1. The van der Waals surface area contributed by atoms with Crippen molar-refractivity contribution in [2.75, 3.05) is 5.32 Å². The summed E-state index contributed by atoms with van der Waals surface area (Å²) in [7, 11) is 0. The van der Waals surface area contributed by atoms with Gasteiger partial charge < -0.3 is 5.32 Å². The lowest BCUT2D eigenvalue weighted by molar-refractivity contribution is -0.117. The van der Waals surface area contributed by atoms with Crippen LogP contribution in [0.2, 0.25) is 0 Å². The number of carbonyl (C=O) groups is 1. The molecule has 1 N–H and O–H groups in total. The molecule has 0 spiro atoms. The third kappa shape index (κ3) is 2.59. The van der Waals surface area contributed by atoms with Gasteiger partial charge in [-0.3, -0.25) is 9.78 Å². The highest BCUT2D eigenvalue weighted by molar-refractivity contribution is 5.94. The van der Waals surface area contributed by atoms with Crippen LogP contribution in [0.5, 0.6) is 0 Å². The molecule has 5 heteroatoms. The van der Waals surface area contributed by atoms with E-state index in [1.165, 1.54) is 24.5 Å². The van der Waals surface area contributed by atoms with Gasteiger partial charge in [0.1, 0.15) is 5.82 Å². The van der Waals surface area contributed by atoms with Crippen molar-refractivity contribution in [2.24, 2.45) is 5.92 Å². The average molecular weight is 257 g/mol. The maximum atomic E-state index is 13.1. The first-order valence-corrected chi connectivity index (χ1v) is 6.06. The van der Waals surface area contributed by atoms with E-state index in [2.05, 4.69) is 15.3 Å². The third-order valence-corrected chi connectivity index (χ3v) is 3.22. The smallest absolute Gasteiger partial charge is 0.229 e. The fourth-order valence-corrected chi connectivity index (χ4v) is 2.17. The minimum Gasteiger partial charge on any atom is -0.309 e. The molecule has 0 bridgehead atoms. The first kappa shape index (κ1) is 11.8. The third-order valence-electron chi connectivity index (χ3n) is 3.22. The lowest BCUT2D eigenvalue weighted by Crippen LogP contribution is -2.15. The normalized spacial score (nSPS) is 20.9. The van der Waals surface area contributed by atoms with E-state index in [4.69, 9.17) is 0 Å². The molecule has 4 nitrogen and oxygen atoms in total. The van der Waals surface area contributed by atoms with Gasteiger partial charge in [-0.2, -0.15) is 0 Å². The Morgan fingerprint density at radius 3 is 3.00 bits per heavy atom. The van der Waals surface area contributed by atoms with Crippen molar-refractivity contribution >= 4 is 11.7 Å². The van der Waals surface area contributed by atoms with Gasteiger partial charge in [-0.25, -0.2) is 9.37 Å². The molecule has 1 heterocycles. The summed E-state index contributed by atoms with van der Waals surface area (Å²) in [5, 5.41) is 2.71. The van der Waals surface area contributed by atoms with Crippen molar-refractivity contribution in [1.82, 2.24) is 9.97 Å². The highest BCUT2D eigenvalue weighted by Crippen LogP contribution is 2.47. The molecule has 1 amide bonds. The van der Waals surface area contributed by atoms with Gasteiger partial charge in [-0.1, -0.05) is 12.1 Å². The standard InChI is InChI=1S/C14H12FN3O/c15-10-3-1-2-9(6-10)11-7-12(11)14(19)18-13-8-16-4-5-17-13/h1-6,8,11-12H,7H2,(H,17,18,19)/t11-,12-/m0/s1. The van der Waals surface area contributed by atoms with E-state index < -0.39 is 0 Å². The molecule has 1 aliphatic rings. The monoisotopic (exact) mass is 257 g/mol. The highest BCUT2D eigenvalue weighted by Gasteiger charge is 2.44. The molecule has 19 heavy (non-hydrogen) atoms. The van der Waals surface area contributed by atoms with Crippen LogP contribution in [0.4, 0.5) is 10.2 Å². The van der Waals surface area contributed by atoms with E-state index in [1.54, 1.807) is 12.3 Å². The lowest BCUT2D eigenvalue weighted by Gasteiger charge is -2.03. The van der Waals surface area contributed by atoms with Gasteiger partial charge in [0.15, 0.2) is 5.82 Å². The van der Waals surface area contributed by atoms with E-state index in [-0.39, 0.29) is 23.6 Å². The molecule has 1 aromatic carbocycles. The van der Waals surface area contributed by atoms with Gasteiger partial charge in [-0.05, 0) is 30.0 Å². The van der Waals surface area contributed by atoms with Crippen molar-refractivity contribution in [2.45, 2.75) is 12.3 Å². The summed E-state index contributed by atoms with van der Waals surface area (Å²) < 4.78 is 13.1. The Morgan fingerprint density at radius 2 is 2.26 bits per heavy atom. The van der Waals surface area contributed by atoms with Crippen molar-refractivity contribution in [3.63, 3.8) is 0 Å². The van der Waals surface area contributed by atoms with Gasteiger partial charge in [-0.15, -0.1) is 0 Å². The van der Waals surface area contributed by atoms with Crippen molar-refractivity contribution in [3.8, 4) is 0 Å². The molecular weight excluding hydrogens is 245 g/mol. The summed E-state index contributed by atoms with van der Waals surface area (Å²) in [5.41, 5.74) is 0.874. The highest BCUT2D eigenvalue weighted by atomic mass is 19.1. The Bertz CT molecular complexity index is 603. The minimum atomic E-state index is -0.266. The van der Waals surface area contributed by atoms with Crippen LogP contribution in [-0.4, -0.2) is 15.9 Å². The number of aromatic nitrogens is 2. The molecule has 0 radical (unpaired) electrons. The first-order valence-electron chi connectivity index (χ1n) is 6.06. The Labute approximate surface area is 109 Å². The van der Waals surface area contributed by atoms with Crippen LogP contribution >= 0.6 is 0 Å². The summed E-state index contributed by atoms with van der Waals surface area (Å²) in [5.74, 6) is 0.0841. The van der Waals surface area contributed by atoms with E-state index in [0.29, 0.717) is 5.82 Å². The lowest BCUT2D eigenvalue weighted by atomic mass is 10.1. The summed E-state index contributed by atoms with van der Waals surface area (Å²) in [4.78, 5) is 19.8. The zero-order valence-corrected chi connectivity index (χ0v) is 10.1. The fraction of sp³-hybridized carbons (Fsp3) is 0.214. The quantitative estimate of drug-likeness (QED) is 0.918. The Balaban J connectivity index is 1.65. The zero-order valence-electron chi connectivity index (χ0n) is 10.1. The molecule has 0 aliphatic heterocycles. The largest absolute Gasteiger partial charge is 0.309 e. The molecule has 1 aromatic heterocycles. The molecule has 0 saturated heterocycles. The number of hydrogen-bond donors (Lipinski definition) is 1. The Kier molecular flexibility index (Phi) is 2.95. The van der Waals surface area contributed by atoms with Crippen molar-refractivity contribution < 1.29 is 9.18 Å². The maximum absolute atomic E-state index is 13.1. The van der Waals surface area contributed by atoms with Crippen LogP contribution in [0, 0.1) is 11.7 Å². The van der Waals surface area contributed by atoms with Gasteiger partial charge in [0.25, 0.3) is 0 Å². The molecule has 1 fully saturated rings. The summed E-state index contributed by atoms with van der Waals surface area (Å²) in [6.45, 7) is 0. The molecule has 3 rings (SSSR count). The Morgan fingerprint density at radius 1 is 1.37 bits per heavy atom. The van der Waals surface area contributed by atoms with Crippen LogP contribution < -0.4 is 5.32 Å². The van der Waals surface area contributed by atoms with E-state index in [9.17, 15) is 9.18 Å². The molecule has 1 saturated carbocycles. The minimum absolute atomic E-state index is 0.0882. The van der Waals surface area contributed by atoms with E-state index in [0.717, 1.165) is 12.0 Å². The number of nitrogens with zero attached hydrogens (tertiary/aromatic N) is 2. The van der Waals surface area contributed by atoms with Crippen LogP contribution in [-0.2, 0) is 4.79 Å². The second-order valence-corrected chi connectivity index (χ2v) is 4.58. The average Bonchev–Trinajstić information content (AvgIpc) is 3.20. The van der Waals surface area contributed by atoms with Crippen LogP contribution in [0.15, 0.2) is 42.9 Å². The predicted octanol–water partition coefficient (Wildman–Crippen LogP) is 2.36. The summed E-state index contributed by atoms with van der Waals surface area (Å²) in [6.07, 6.45) is 5.31. The predicted molar refractivity (Wildman–Crippen MR) is 67.9 cm³/mol. The molecule has 2 aromatic rings. The van der Waals surface area contributed by atoms with Crippen LogP contribution in [0.25, 0.3) is 0 Å². The fourth-order valence-electron chi connectivity index (χ4n) is 2.17.